The smallest absolute Gasteiger partial charge is 0.338 e. The molecule has 2 aromatic carbocycles. The number of carbonyl (C=O) groups excluding carboxylic acids is 4. The Bertz CT molecular complexity index is 1270. The zero-order chi connectivity index (χ0) is 25.5. The second kappa shape index (κ2) is 8.96. The molecule has 36 heavy (non-hydrogen) atoms. The summed E-state index contributed by atoms with van der Waals surface area (Å²) in [6, 6.07) is 16.3. The summed E-state index contributed by atoms with van der Waals surface area (Å²) >= 11 is 0. The van der Waals surface area contributed by atoms with Crippen molar-refractivity contribution in [2.45, 2.75) is 11.2 Å². The Balaban J connectivity index is 1.41. The van der Waals surface area contributed by atoms with Crippen LogP contribution in [0.3, 0.4) is 0 Å². The van der Waals surface area contributed by atoms with Crippen LogP contribution in [0.1, 0.15) is 20.7 Å². The standard InChI is InChI=1S/C28H24O8/c29-22-14-12-19-20-11-13-21(23(19)28(22,34)16-36-26(32)18-9-5-2-6-10-18)27(33,24(20)30)15-35-25(31)17-7-3-1-4-8-17/h1-14,19-21,23,33-34H,15-16H2/t19?,20?,21?,23?,27?,28-/m1/s1. The largest absolute Gasteiger partial charge is 0.459 e. The summed E-state index contributed by atoms with van der Waals surface area (Å²) in [5.74, 6) is -6.17. The molecule has 6 atom stereocenters. The predicted molar refractivity (Wildman–Crippen MR) is 126 cm³/mol. The van der Waals surface area contributed by atoms with Gasteiger partial charge in [0.1, 0.15) is 13.2 Å². The van der Waals surface area contributed by atoms with Gasteiger partial charge in [-0.05, 0) is 36.3 Å². The lowest BCUT2D eigenvalue weighted by Crippen LogP contribution is -2.70. The molecule has 0 heterocycles. The van der Waals surface area contributed by atoms with E-state index < -0.39 is 71.6 Å². The van der Waals surface area contributed by atoms with Gasteiger partial charge in [0.15, 0.2) is 22.8 Å². The van der Waals surface area contributed by atoms with E-state index in [9.17, 15) is 29.4 Å². The third-order valence-electron chi connectivity index (χ3n) is 7.34. The fourth-order valence-electron chi connectivity index (χ4n) is 5.48. The Hall–Kier alpha value is -3.88. The Morgan fingerprint density at radius 1 is 0.750 bits per heavy atom. The van der Waals surface area contributed by atoms with Gasteiger partial charge in [0.05, 0.1) is 11.1 Å². The molecule has 8 heteroatoms. The van der Waals surface area contributed by atoms with E-state index in [1.807, 2.05) is 0 Å². The third kappa shape index (κ3) is 3.79. The highest BCUT2D eigenvalue weighted by molar-refractivity contribution is 6.01. The first-order chi connectivity index (χ1) is 17.3. The highest BCUT2D eigenvalue weighted by atomic mass is 16.5. The van der Waals surface area contributed by atoms with Crippen LogP contribution >= 0.6 is 0 Å². The van der Waals surface area contributed by atoms with Crippen LogP contribution in [0.5, 0.6) is 0 Å². The molecule has 4 aliphatic rings. The maximum atomic E-state index is 13.3. The second-order valence-corrected chi connectivity index (χ2v) is 9.36. The summed E-state index contributed by atoms with van der Waals surface area (Å²) in [6.45, 7) is -1.30. The van der Waals surface area contributed by atoms with Crippen LogP contribution in [-0.2, 0) is 19.1 Å². The lowest BCUT2D eigenvalue weighted by Gasteiger charge is -2.56. The minimum absolute atomic E-state index is 0.251. The van der Waals surface area contributed by atoms with Crippen molar-refractivity contribution >= 4 is 23.5 Å². The molecule has 2 bridgehead atoms. The SMILES string of the molecule is O=C(OCC1(O)C(=O)C2C=CC1C1C2C=CC(=O)[C@]1(O)COC(=O)c1ccccc1)c1ccccc1. The molecule has 0 radical (unpaired) electrons. The number of hydrogen-bond donors (Lipinski definition) is 2. The number of Topliss-reactive ketones (excluding diaryl/α,β-unsaturated/α-hetero) is 1. The van der Waals surface area contributed by atoms with Crippen molar-refractivity contribution in [3.05, 3.63) is 96.1 Å². The molecule has 5 unspecified atom stereocenters. The second-order valence-electron chi connectivity index (χ2n) is 9.36. The van der Waals surface area contributed by atoms with Gasteiger partial charge in [-0.15, -0.1) is 0 Å². The van der Waals surface area contributed by atoms with Crippen molar-refractivity contribution in [2.75, 3.05) is 13.2 Å². The van der Waals surface area contributed by atoms with E-state index >= 15 is 0 Å². The number of allylic oxidation sites excluding steroid dienone is 2. The van der Waals surface area contributed by atoms with Crippen LogP contribution in [-0.4, -0.2) is 58.1 Å². The fraction of sp³-hybridized carbons (Fsp3) is 0.286. The van der Waals surface area contributed by atoms with Gasteiger partial charge in [-0.1, -0.05) is 54.6 Å². The van der Waals surface area contributed by atoms with E-state index in [4.69, 9.17) is 9.47 Å². The van der Waals surface area contributed by atoms with E-state index in [0.29, 0.717) is 0 Å². The normalized spacial score (nSPS) is 32.2. The number of aliphatic hydroxyl groups is 2. The van der Waals surface area contributed by atoms with E-state index in [2.05, 4.69) is 0 Å². The number of fused-ring (bicyclic) bond motifs is 1. The van der Waals surface area contributed by atoms with Crippen molar-refractivity contribution in [1.29, 1.82) is 0 Å². The molecule has 0 saturated heterocycles. The van der Waals surface area contributed by atoms with E-state index in [1.54, 1.807) is 78.9 Å². The van der Waals surface area contributed by atoms with E-state index in [-0.39, 0.29) is 11.1 Å². The van der Waals surface area contributed by atoms with Gasteiger partial charge in [-0.3, -0.25) is 9.59 Å². The number of ether oxygens (including phenoxy) is 2. The van der Waals surface area contributed by atoms with E-state index in [0.717, 1.165) is 0 Å². The van der Waals surface area contributed by atoms with Crippen molar-refractivity contribution in [2.24, 2.45) is 23.7 Å². The molecule has 6 rings (SSSR count). The number of ketones is 2. The van der Waals surface area contributed by atoms with Crippen molar-refractivity contribution in [3.63, 3.8) is 0 Å². The minimum atomic E-state index is -2.18. The molecule has 1 fully saturated rings. The minimum Gasteiger partial charge on any atom is -0.459 e. The molecule has 184 valence electrons. The lowest BCUT2D eigenvalue weighted by molar-refractivity contribution is -0.191. The van der Waals surface area contributed by atoms with Crippen molar-refractivity contribution in [1.82, 2.24) is 0 Å². The molecular weight excluding hydrogens is 464 g/mol. The van der Waals surface area contributed by atoms with Crippen LogP contribution in [0.4, 0.5) is 0 Å². The van der Waals surface area contributed by atoms with Crippen LogP contribution in [0.2, 0.25) is 0 Å². The number of benzene rings is 2. The van der Waals surface area contributed by atoms with Gasteiger partial charge in [0.2, 0.25) is 0 Å². The topological polar surface area (TPSA) is 127 Å². The zero-order valence-corrected chi connectivity index (χ0v) is 19.2. The van der Waals surface area contributed by atoms with E-state index in [1.165, 1.54) is 6.08 Å². The summed E-state index contributed by atoms with van der Waals surface area (Å²) < 4.78 is 10.6. The Labute approximate surface area is 206 Å². The van der Waals surface area contributed by atoms with Crippen LogP contribution in [0.25, 0.3) is 0 Å². The fourth-order valence-corrected chi connectivity index (χ4v) is 5.48. The predicted octanol–water partition coefficient (Wildman–Crippen LogP) is 1.92. The summed E-state index contributed by atoms with van der Waals surface area (Å²) in [4.78, 5) is 51.2. The molecule has 0 aromatic heterocycles. The summed E-state index contributed by atoms with van der Waals surface area (Å²) in [5.41, 5.74) is -3.84. The van der Waals surface area contributed by atoms with Crippen LogP contribution < -0.4 is 0 Å². The highest BCUT2D eigenvalue weighted by Crippen LogP contribution is 2.54. The number of esters is 2. The first-order valence-electron chi connectivity index (χ1n) is 11.6. The average molecular weight is 488 g/mol. The van der Waals surface area contributed by atoms with Crippen LogP contribution in [0, 0.1) is 23.7 Å². The third-order valence-corrected chi connectivity index (χ3v) is 7.34. The van der Waals surface area contributed by atoms with Gasteiger partial charge in [-0.25, -0.2) is 9.59 Å². The van der Waals surface area contributed by atoms with Gasteiger partial charge in [-0.2, -0.15) is 0 Å². The number of carbonyl (C=O) groups is 4. The van der Waals surface area contributed by atoms with Gasteiger partial charge in [0, 0.05) is 17.8 Å². The Kier molecular flexibility index (Phi) is 5.94. The highest BCUT2D eigenvalue weighted by Gasteiger charge is 2.66. The molecule has 2 aromatic rings. The average Bonchev–Trinajstić information content (AvgIpc) is 2.91. The quantitative estimate of drug-likeness (QED) is 0.466. The first kappa shape index (κ1) is 23.8. The molecule has 0 spiro atoms. The molecule has 1 saturated carbocycles. The Morgan fingerprint density at radius 2 is 1.28 bits per heavy atom. The van der Waals surface area contributed by atoms with Gasteiger partial charge >= 0.3 is 11.9 Å². The number of rotatable bonds is 6. The van der Waals surface area contributed by atoms with Crippen molar-refractivity contribution < 1.29 is 38.9 Å². The zero-order valence-electron chi connectivity index (χ0n) is 19.2. The molecule has 0 aliphatic heterocycles. The Morgan fingerprint density at radius 3 is 1.83 bits per heavy atom. The first-order valence-corrected chi connectivity index (χ1v) is 11.6. The molecule has 0 amide bonds. The molecule has 4 aliphatic carbocycles. The molecule has 2 N–H and O–H groups in total. The van der Waals surface area contributed by atoms with Crippen molar-refractivity contribution in [3.8, 4) is 0 Å². The van der Waals surface area contributed by atoms with Gasteiger partial charge in [0.25, 0.3) is 0 Å². The van der Waals surface area contributed by atoms with Crippen LogP contribution in [0.15, 0.2) is 85.0 Å². The maximum Gasteiger partial charge on any atom is 0.338 e. The molecular formula is C28H24O8. The monoisotopic (exact) mass is 488 g/mol. The molecule has 8 nitrogen and oxygen atoms in total. The van der Waals surface area contributed by atoms with Gasteiger partial charge < -0.3 is 19.7 Å². The maximum absolute atomic E-state index is 13.3. The number of hydrogen-bond acceptors (Lipinski definition) is 8. The summed E-state index contributed by atoms with van der Waals surface area (Å²) in [6.07, 6.45) is 5.95. The lowest BCUT2D eigenvalue weighted by atomic mass is 9.49. The summed E-state index contributed by atoms with van der Waals surface area (Å²) in [5, 5.41) is 23.1. The summed E-state index contributed by atoms with van der Waals surface area (Å²) in [7, 11) is 0.